The fourth-order valence-electron chi connectivity index (χ4n) is 1.68. The Bertz CT molecular complexity index is 726. The predicted octanol–water partition coefficient (Wildman–Crippen LogP) is 1.05. The molecule has 0 spiro atoms. The molecular formula is C12H11F2N5O2. The van der Waals surface area contributed by atoms with Crippen molar-refractivity contribution >= 4 is 17.6 Å². The Kier molecular flexibility index (Phi) is 3.83. The lowest BCUT2D eigenvalue weighted by atomic mass is 10.2. The minimum atomic E-state index is -1.000. The highest BCUT2D eigenvalue weighted by Crippen LogP contribution is 2.17. The number of rotatable bonds is 3. The summed E-state index contributed by atoms with van der Waals surface area (Å²) in [6.07, 6.45) is 1.27. The maximum Gasteiger partial charge on any atom is 0.259 e. The lowest BCUT2D eigenvalue weighted by Crippen LogP contribution is -2.20. The Morgan fingerprint density at radius 2 is 2.14 bits per heavy atom. The smallest absolute Gasteiger partial charge is 0.259 e. The summed E-state index contributed by atoms with van der Waals surface area (Å²) in [4.78, 5) is 12.0. The molecule has 0 aliphatic rings. The van der Waals surface area contributed by atoms with Gasteiger partial charge in [0.15, 0.2) is 5.84 Å². The normalized spacial score (nSPS) is 11.5. The number of nitrogens with one attached hydrogen (secondary N) is 1. The molecule has 7 nitrogen and oxygen atoms in total. The summed E-state index contributed by atoms with van der Waals surface area (Å²) < 4.78 is 27.6. The average Bonchev–Trinajstić information content (AvgIpc) is 2.79. The van der Waals surface area contributed by atoms with Crippen molar-refractivity contribution in [3.8, 4) is 0 Å². The van der Waals surface area contributed by atoms with E-state index in [0.29, 0.717) is 6.07 Å². The van der Waals surface area contributed by atoms with Gasteiger partial charge in [0.2, 0.25) is 0 Å². The number of hydrogen-bond donors (Lipinski definition) is 3. The predicted molar refractivity (Wildman–Crippen MR) is 70.0 cm³/mol. The van der Waals surface area contributed by atoms with Crippen LogP contribution >= 0.6 is 0 Å². The van der Waals surface area contributed by atoms with Crippen molar-refractivity contribution in [1.29, 1.82) is 0 Å². The number of nitrogens with two attached hydrogens (primary N) is 1. The molecule has 1 heterocycles. The molecule has 0 fully saturated rings. The zero-order chi connectivity index (χ0) is 15.6. The van der Waals surface area contributed by atoms with Gasteiger partial charge in [0, 0.05) is 13.1 Å². The second kappa shape index (κ2) is 5.57. The molecule has 9 heteroatoms. The monoisotopic (exact) mass is 295 g/mol. The molecule has 0 saturated carbocycles. The van der Waals surface area contributed by atoms with E-state index in [1.807, 2.05) is 0 Å². The van der Waals surface area contributed by atoms with Crippen LogP contribution in [0.2, 0.25) is 0 Å². The molecule has 4 N–H and O–H groups in total. The zero-order valence-electron chi connectivity index (χ0n) is 10.8. The Morgan fingerprint density at radius 3 is 2.76 bits per heavy atom. The van der Waals surface area contributed by atoms with Crippen LogP contribution in [-0.2, 0) is 7.05 Å². The van der Waals surface area contributed by atoms with Crippen molar-refractivity contribution in [2.45, 2.75) is 0 Å². The largest absolute Gasteiger partial charge is 0.409 e. The molecule has 0 bridgehead atoms. The number of aromatic nitrogens is 2. The molecule has 1 aromatic carbocycles. The first-order valence-corrected chi connectivity index (χ1v) is 5.70. The van der Waals surface area contributed by atoms with Gasteiger partial charge in [-0.25, -0.2) is 8.78 Å². The highest BCUT2D eigenvalue weighted by Gasteiger charge is 2.18. The average molecular weight is 295 g/mol. The van der Waals surface area contributed by atoms with Crippen LogP contribution in [0, 0.1) is 11.6 Å². The molecule has 110 valence electrons. The van der Waals surface area contributed by atoms with Gasteiger partial charge in [-0.05, 0) is 12.1 Å². The molecule has 21 heavy (non-hydrogen) atoms. The van der Waals surface area contributed by atoms with Gasteiger partial charge < -0.3 is 16.3 Å². The van der Waals surface area contributed by atoms with E-state index < -0.39 is 17.5 Å². The van der Waals surface area contributed by atoms with Crippen molar-refractivity contribution in [2.24, 2.45) is 17.9 Å². The second-order valence-corrected chi connectivity index (χ2v) is 4.09. The Hall–Kier alpha value is -2.97. The quantitative estimate of drug-likeness (QED) is 0.340. The van der Waals surface area contributed by atoms with Gasteiger partial charge >= 0.3 is 0 Å². The third-order valence-corrected chi connectivity index (χ3v) is 2.73. The number of hydrogen-bond acceptors (Lipinski definition) is 4. The third kappa shape index (κ3) is 2.81. The number of carbonyl (C=O) groups is 1. The Balaban J connectivity index is 2.34. The lowest BCUT2D eigenvalue weighted by Gasteiger charge is -2.08. The maximum atomic E-state index is 13.5. The van der Waals surface area contributed by atoms with Crippen LogP contribution < -0.4 is 11.1 Å². The summed E-state index contributed by atoms with van der Waals surface area (Å²) >= 11 is 0. The number of oxime groups is 1. The van der Waals surface area contributed by atoms with Crippen LogP contribution in [0.1, 0.15) is 15.9 Å². The van der Waals surface area contributed by atoms with Crippen LogP contribution in [0.3, 0.4) is 0 Å². The number of benzene rings is 1. The molecule has 1 amide bonds. The molecule has 0 unspecified atom stereocenters. The third-order valence-electron chi connectivity index (χ3n) is 2.73. The molecular weight excluding hydrogens is 284 g/mol. The summed E-state index contributed by atoms with van der Waals surface area (Å²) in [5, 5.41) is 17.7. The number of amidine groups is 1. The number of aryl methyl sites for hydroxylation is 1. The zero-order valence-corrected chi connectivity index (χ0v) is 10.8. The molecule has 2 aromatic rings. The Labute approximate surface area is 117 Å². The van der Waals surface area contributed by atoms with E-state index in [9.17, 15) is 13.6 Å². The number of nitrogens with zero attached hydrogens (tertiary/aromatic N) is 3. The summed E-state index contributed by atoms with van der Waals surface area (Å²) in [6, 6.07) is 2.58. The minimum Gasteiger partial charge on any atom is -0.409 e. The van der Waals surface area contributed by atoms with Crippen LogP contribution in [0.15, 0.2) is 29.6 Å². The standard InChI is InChI=1S/C12H11F2N5O2/c1-19-11(8(5-16-19)10(15)18-21)17-12(20)7-3-2-6(13)4-9(7)14/h2-5,21H,1H3,(H2,15,18)(H,17,20). The highest BCUT2D eigenvalue weighted by atomic mass is 19.1. The molecule has 0 aliphatic carbocycles. The van der Waals surface area contributed by atoms with Gasteiger partial charge in [0.1, 0.15) is 17.5 Å². The Morgan fingerprint density at radius 1 is 1.43 bits per heavy atom. The molecule has 0 aliphatic heterocycles. The number of carbonyl (C=O) groups excluding carboxylic acids is 1. The van der Waals surface area contributed by atoms with Crippen molar-refractivity contribution in [3.63, 3.8) is 0 Å². The van der Waals surface area contributed by atoms with Crippen molar-refractivity contribution in [2.75, 3.05) is 5.32 Å². The summed E-state index contributed by atoms with van der Waals surface area (Å²) in [5.41, 5.74) is 5.26. The van der Waals surface area contributed by atoms with E-state index in [2.05, 4.69) is 15.6 Å². The SMILES string of the molecule is Cn1ncc(C(N)=NO)c1NC(=O)c1ccc(F)cc1F. The van der Waals surface area contributed by atoms with Crippen LogP contribution in [0.5, 0.6) is 0 Å². The van der Waals surface area contributed by atoms with Gasteiger partial charge in [-0.2, -0.15) is 5.10 Å². The first-order chi connectivity index (χ1) is 9.93. The fraction of sp³-hybridized carbons (Fsp3) is 0.0833. The highest BCUT2D eigenvalue weighted by molar-refractivity contribution is 6.09. The molecule has 0 saturated heterocycles. The lowest BCUT2D eigenvalue weighted by molar-refractivity contribution is 0.102. The second-order valence-electron chi connectivity index (χ2n) is 4.09. The molecule has 0 atom stereocenters. The van der Waals surface area contributed by atoms with Gasteiger partial charge in [0.25, 0.3) is 5.91 Å². The first kappa shape index (κ1) is 14.4. The number of halogens is 2. The van der Waals surface area contributed by atoms with Crippen molar-refractivity contribution in [3.05, 3.63) is 47.2 Å². The van der Waals surface area contributed by atoms with E-state index in [-0.39, 0.29) is 22.8 Å². The van der Waals surface area contributed by atoms with E-state index in [0.717, 1.165) is 12.1 Å². The van der Waals surface area contributed by atoms with Gasteiger partial charge in [-0.3, -0.25) is 9.48 Å². The molecule has 2 rings (SSSR count). The maximum absolute atomic E-state index is 13.5. The van der Waals surface area contributed by atoms with Crippen molar-refractivity contribution < 1.29 is 18.8 Å². The van der Waals surface area contributed by atoms with Crippen LogP contribution in [0.4, 0.5) is 14.6 Å². The van der Waals surface area contributed by atoms with Gasteiger partial charge in [-0.15, -0.1) is 0 Å². The van der Waals surface area contributed by atoms with Crippen LogP contribution in [0.25, 0.3) is 0 Å². The van der Waals surface area contributed by atoms with E-state index in [1.54, 1.807) is 0 Å². The van der Waals surface area contributed by atoms with E-state index >= 15 is 0 Å². The topological polar surface area (TPSA) is 106 Å². The van der Waals surface area contributed by atoms with Gasteiger partial charge in [-0.1, -0.05) is 5.16 Å². The molecule has 0 radical (unpaired) electrons. The fourth-order valence-corrected chi connectivity index (χ4v) is 1.68. The van der Waals surface area contributed by atoms with Gasteiger partial charge in [0.05, 0.1) is 17.3 Å². The van der Waals surface area contributed by atoms with Crippen LogP contribution in [-0.4, -0.2) is 26.7 Å². The minimum absolute atomic E-state index is 0.110. The van der Waals surface area contributed by atoms with Crippen molar-refractivity contribution in [1.82, 2.24) is 9.78 Å². The summed E-state index contributed by atoms with van der Waals surface area (Å²) in [7, 11) is 1.50. The molecule has 1 aromatic heterocycles. The summed E-state index contributed by atoms with van der Waals surface area (Å²) in [6.45, 7) is 0. The number of anilines is 1. The summed E-state index contributed by atoms with van der Waals surface area (Å²) in [5.74, 6) is -2.76. The first-order valence-electron chi connectivity index (χ1n) is 5.70. The van der Waals surface area contributed by atoms with E-state index in [4.69, 9.17) is 10.9 Å². The van der Waals surface area contributed by atoms with E-state index in [1.165, 1.54) is 17.9 Å². The number of amides is 1.